The molecular weight excluding hydrogens is 1850 g/mol. The lowest BCUT2D eigenvalue weighted by molar-refractivity contribution is -0.250. The Kier molecular flexibility index (Phi) is 38.2. The Bertz CT molecular complexity index is 5370. The molecule has 134 heavy (non-hydrogen) atoms. The maximum absolute atomic E-state index is 11.6. The molecule has 0 bridgehead atoms. The highest BCUT2D eigenvalue weighted by molar-refractivity contribution is 9.10. The summed E-state index contributed by atoms with van der Waals surface area (Å²) in [5, 5.41) is 152. The molecule has 0 radical (unpaired) electrons. The summed E-state index contributed by atoms with van der Waals surface area (Å²) in [6.45, 7) is 26.3. The van der Waals surface area contributed by atoms with E-state index >= 15 is 0 Å². The highest BCUT2D eigenvalue weighted by Crippen LogP contribution is 2.44. The maximum Gasteiger partial charge on any atom is 0.494 e. The first-order valence-electron chi connectivity index (χ1n) is 43.9. The molecule has 722 valence electrons. The van der Waals surface area contributed by atoms with Crippen molar-refractivity contribution in [3.8, 4) is 55.9 Å². The summed E-state index contributed by atoms with van der Waals surface area (Å²) in [5.74, 6) is 0.568. The van der Waals surface area contributed by atoms with Crippen molar-refractivity contribution in [3.05, 3.63) is 253 Å². The van der Waals surface area contributed by atoms with Crippen LogP contribution in [0.1, 0.15) is 151 Å². The van der Waals surface area contributed by atoms with Crippen LogP contribution in [0.5, 0.6) is 0 Å². The minimum Gasteiger partial charge on any atom is -0.459 e. The second kappa shape index (κ2) is 47.5. The van der Waals surface area contributed by atoms with Crippen molar-refractivity contribution in [2.24, 2.45) is 11.8 Å². The Hall–Kier alpha value is -8.18. The summed E-state index contributed by atoms with van der Waals surface area (Å²) < 4.78 is 41.6. The maximum atomic E-state index is 11.6. The normalized spacial score (nSPS) is 27.2. The molecule has 5 aliphatic heterocycles. The van der Waals surface area contributed by atoms with Crippen LogP contribution in [0.15, 0.2) is 187 Å². The van der Waals surface area contributed by atoms with Gasteiger partial charge in [-0.2, -0.15) is 0 Å². The van der Waals surface area contributed by atoms with Crippen LogP contribution in [-0.2, 0) is 37.8 Å². The SMILES string of the molecule is C.CCC1O[C@H]([C@H](C)c2ccc(Br)cc2C)C(OC(C)=O)[C@@H](C)[C@@H]1C.Cc1cc(-c2ccnc(-c3ccnc(Cl)c3)c2)ccc1[C@@H](O)[C@H]1OC(CO)[C@@H](O)[C@H](O)C1O.Cc1cc(-c2ccnc(-c3ccnc(Cl)c3)c2)ccc1[C@@H](O)[C@H]1OC(CO)[C@@H](O)[C@H](O)C1O.Cc1cc(-c2ccnc(Cl)c2)ccc1[C@@H](O)[C@H]1OC(CO)[C@@H](O)[C@H](O)C1O.Cc1cc(B2OC(C)(C)C(C)(C)O2)ccn1. The van der Waals surface area contributed by atoms with Crippen molar-refractivity contribution in [1.29, 1.82) is 0 Å². The van der Waals surface area contributed by atoms with Crippen LogP contribution in [-0.4, -0.2) is 260 Å². The van der Waals surface area contributed by atoms with Gasteiger partial charge in [-0.1, -0.05) is 147 Å². The number of benzene rings is 4. The molecule has 10 aromatic rings. The first-order chi connectivity index (χ1) is 63.0. The average molecular weight is 1970 g/mol. The number of aliphatic hydroxyl groups excluding tert-OH is 15. The van der Waals surface area contributed by atoms with Crippen molar-refractivity contribution in [3.63, 3.8) is 0 Å². The van der Waals surface area contributed by atoms with Crippen molar-refractivity contribution < 1.29 is 114 Å². The van der Waals surface area contributed by atoms with Gasteiger partial charge in [0, 0.05) is 77.2 Å². The molecule has 5 aliphatic rings. The number of hydrogen-bond acceptors (Lipinski definition) is 29. The number of ether oxygens (including phenoxy) is 5. The lowest BCUT2D eigenvalue weighted by Gasteiger charge is -2.46. The van der Waals surface area contributed by atoms with Gasteiger partial charge >= 0.3 is 13.1 Å². The molecule has 5 saturated heterocycles. The molecule has 6 aromatic heterocycles. The number of rotatable bonds is 19. The van der Waals surface area contributed by atoms with Gasteiger partial charge in [0.05, 0.1) is 48.5 Å². The fourth-order valence-corrected chi connectivity index (χ4v) is 18.1. The van der Waals surface area contributed by atoms with Crippen LogP contribution in [0.4, 0.5) is 0 Å². The number of aryl methyl sites for hydroxylation is 5. The summed E-state index contributed by atoms with van der Waals surface area (Å²) in [7, 11) is -0.285. The first kappa shape index (κ1) is 108. The molecule has 0 spiro atoms. The van der Waals surface area contributed by atoms with E-state index in [9.17, 15) is 81.4 Å². The molecule has 5 fully saturated rings. The zero-order valence-corrected chi connectivity index (χ0v) is 80.1. The number of esters is 1. The predicted molar refractivity (Wildman–Crippen MR) is 512 cm³/mol. The Morgan fingerprint density at radius 2 is 0.746 bits per heavy atom. The molecule has 24 atom stereocenters. The van der Waals surface area contributed by atoms with E-state index in [4.69, 9.17) is 67.8 Å². The third-order valence-electron chi connectivity index (χ3n) is 25.7. The summed E-state index contributed by atoms with van der Waals surface area (Å²) in [4.78, 5) is 36.6. The van der Waals surface area contributed by atoms with Crippen molar-refractivity contribution in [2.75, 3.05) is 19.8 Å². The van der Waals surface area contributed by atoms with E-state index in [-0.39, 0.29) is 61.9 Å². The molecule has 15 rings (SSSR count). The molecule has 29 nitrogen and oxygen atoms in total. The van der Waals surface area contributed by atoms with Gasteiger partial charge in [-0.3, -0.25) is 19.7 Å². The molecule has 34 heteroatoms. The lowest BCUT2D eigenvalue weighted by Crippen LogP contribution is -2.59. The van der Waals surface area contributed by atoms with Gasteiger partial charge < -0.3 is 110 Å². The largest absolute Gasteiger partial charge is 0.494 e. The van der Waals surface area contributed by atoms with Crippen LogP contribution in [0.3, 0.4) is 0 Å². The van der Waals surface area contributed by atoms with Gasteiger partial charge in [0.1, 0.15) is 138 Å². The van der Waals surface area contributed by atoms with Gasteiger partial charge in [0.25, 0.3) is 0 Å². The van der Waals surface area contributed by atoms with E-state index in [0.29, 0.717) is 38.1 Å². The number of hydrogen-bond donors (Lipinski definition) is 15. The molecule has 0 aliphatic carbocycles. The number of carbonyl (C=O) groups excluding carboxylic acids is 1. The van der Waals surface area contributed by atoms with Gasteiger partial charge in [-0.15, -0.1) is 0 Å². The second-order valence-electron chi connectivity index (χ2n) is 35.3. The van der Waals surface area contributed by atoms with Gasteiger partial charge in [0.2, 0.25) is 0 Å². The van der Waals surface area contributed by atoms with E-state index < -0.39 is 130 Å². The van der Waals surface area contributed by atoms with Crippen molar-refractivity contribution in [1.82, 2.24) is 29.9 Å². The first-order valence-corrected chi connectivity index (χ1v) is 45.9. The van der Waals surface area contributed by atoms with Gasteiger partial charge in [0.15, 0.2) is 0 Å². The molecule has 4 aromatic carbocycles. The predicted octanol–water partition coefficient (Wildman–Crippen LogP) is 11.5. The number of halogens is 4. The Labute approximate surface area is 805 Å². The number of carbonyl (C=O) groups is 1. The summed E-state index contributed by atoms with van der Waals surface area (Å²) in [6.07, 6.45) is -13.4. The van der Waals surface area contributed by atoms with E-state index in [1.807, 2.05) is 106 Å². The minimum atomic E-state index is -1.55. The minimum absolute atomic E-state index is 0. The third-order valence-corrected chi connectivity index (χ3v) is 26.8. The molecule has 0 amide bonds. The Balaban J connectivity index is 0.000000176. The fourth-order valence-electron chi connectivity index (χ4n) is 17.1. The number of aromatic nitrogens is 6. The molecule has 15 N–H and O–H groups in total. The number of pyridine rings is 6. The third kappa shape index (κ3) is 25.5. The van der Waals surface area contributed by atoms with Crippen LogP contribution < -0.4 is 5.46 Å². The quantitative estimate of drug-likeness (QED) is 0.0203. The molecule has 11 heterocycles. The standard InChI is InChI=1S/2C24H25ClN2O6.C20H29BrO3.C19H22ClNO6.C12H18BNO2.CH4/c2*1-12-8-13(14-4-6-26-17(9-14)15-5-7-27-19(25)10-15)2-3-16(12)20(29)24-23(32)22(31)21(30)18(11-28)33-24;1-7-18-12(3)13(4)19(23-15(6)22)20(24-18)14(5)17-9-8-16(21)10-11(17)2;1-9-6-10(11-4-5-21-14(20)7-11)2-3-12(9)15(23)19-18(26)17(25)16(24)13(8-22)27-19;1-9-8-10(6-7-14-9)13-15-11(2,3)12(4,5)16-13;/h2*2-10,18,20-24,28-32H,11H2,1H3;8-10,12-14,18-20H,7H2,1-6H3;2-7,13,15-19,22-26H,8H2,1H3;6-8H,1-5H3;1H4/t2*18?,20-,21-,22+,23?,24-;12-,13-,14+,18?,19?,20+;13?,15-,16-,17+,18?,19-;;/m1101../s1. The molecule has 0 saturated carbocycles. The smallest absolute Gasteiger partial charge is 0.459 e. The number of nitrogens with zero attached hydrogens (tertiary/aromatic N) is 6. The Morgan fingerprint density at radius 1 is 0.418 bits per heavy atom. The van der Waals surface area contributed by atoms with Crippen LogP contribution in [0, 0.1) is 46.5 Å². The lowest BCUT2D eigenvalue weighted by atomic mass is 9.76. The van der Waals surface area contributed by atoms with Gasteiger partial charge in [-0.05, 0) is 243 Å². The summed E-state index contributed by atoms with van der Waals surface area (Å²) >= 11 is 21.4. The van der Waals surface area contributed by atoms with E-state index in [0.717, 1.165) is 94.6 Å². The van der Waals surface area contributed by atoms with Crippen molar-refractivity contribution in [2.45, 2.75) is 256 Å². The van der Waals surface area contributed by atoms with E-state index in [1.165, 1.54) is 18.1 Å². The zero-order valence-electron chi connectivity index (χ0n) is 76.3. The summed E-state index contributed by atoms with van der Waals surface area (Å²) in [6, 6.07) is 44.7. The molecular formula is C100H123BBrCl3N6O23. The topological polar surface area (TPSA) is 462 Å². The number of aliphatic hydroxyl groups is 15. The van der Waals surface area contributed by atoms with E-state index in [2.05, 4.69) is 126 Å². The van der Waals surface area contributed by atoms with Crippen LogP contribution in [0.2, 0.25) is 15.5 Å². The summed E-state index contributed by atoms with van der Waals surface area (Å²) in [5.41, 5.74) is 16.1. The second-order valence-corrected chi connectivity index (χ2v) is 37.4. The van der Waals surface area contributed by atoms with E-state index in [1.54, 1.807) is 86.6 Å². The zero-order chi connectivity index (χ0) is 97.1. The molecule has 8 unspecified atom stereocenters. The van der Waals surface area contributed by atoms with Gasteiger partial charge in [-0.25, -0.2) is 15.0 Å². The monoisotopic (exact) mass is 1970 g/mol. The Morgan fingerprint density at radius 3 is 1.09 bits per heavy atom. The van der Waals surface area contributed by atoms with Crippen LogP contribution >= 0.6 is 50.7 Å². The highest BCUT2D eigenvalue weighted by Gasteiger charge is 2.53. The van der Waals surface area contributed by atoms with Crippen LogP contribution in [0.25, 0.3) is 55.9 Å². The average Bonchev–Trinajstić information content (AvgIpc) is 1.04. The fraction of sp³-hybridized carbons (Fsp3) is 0.450. The highest BCUT2D eigenvalue weighted by atomic mass is 79.9. The van der Waals surface area contributed by atoms with Crippen molar-refractivity contribution >= 4 is 69.3 Å².